The van der Waals surface area contributed by atoms with Crippen LogP contribution < -0.4 is 5.32 Å². The zero-order valence-electron chi connectivity index (χ0n) is 10.1. The fourth-order valence-corrected chi connectivity index (χ4v) is 2.79. The highest BCUT2D eigenvalue weighted by atomic mass is 32.1. The molecule has 1 N–H and O–H groups in total. The van der Waals surface area contributed by atoms with Gasteiger partial charge in [0.15, 0.2) is 0 Å². The van der Waals surface area contributed by atoms with Crippen LogP contribution in [-0.2, 0) is 0 Å². The van der Waals surface area contributed by atoms with Gasteiger partial charge >= 0.3 is 0 Å². The molecule has 2 nitrogen and oxygen atoms in total. The number of nitrogens with zero attached hydrogens (tertiary/aromatic N) is 1. The largest absolute Gasteiger partial charge is 0.313 e. The van der Waals surface area contributed by atoms with Crippen LogP contribution in [0.1, 0.15) is 30.9 Å². The molecule has 2 rings (SSSR count). The summed E-state index contributed by atoms with van der Waals surface area (Å²) in [5.74, 6) is 0. The summed E-state index contributed by atoms with van der Waals surface area (Å²) >= 11 is 1.75. The maximum absolute atomic E-state index is 4.49. The lowest BCUT2D eigenvalue weighted by atomic mass is 10.0. The Kier molecular flexibility index (Phi) is 4.29. The number of hydrogen-bond acceptors (Lipinski definition) is 3. The molecule has 1 unspecified atom stereocenters. The third kappa shape index (κ3) is 2.93. The van der Waals surface area contributed by atoms with Crippen LogP contribution in [0.5, 0.6) is 0 Å². The van der Waals surface area contributed by atoms with Crippen molar-refractivity contribution in [3.05, 3.63) is 41.9 Å². The van der Waals surface area contributed by atoms with E-state index in [1.165, 1.54) is 10.3 Å². The van der Waals surface area contributed by atoms with Crippen LogP contribution in [0.2, 0.25) is 0 Å². The monoisotopic (exact) mass is 246 g/mol. The van der Waals surface area contributed by atoms with E-state index in [0.29, 0.717) is 6.04 Å². The molecular formula is C14H18N2S. The predicted molar refractivity (Wildman–Crippen MR) is 75.5 cm³/mol. The first-order chi connectivity index (χ1) is 8.35. The van der Waals surface area contributed by atoms with Crippen LogP contribution in [-0.4, -0.2) is 12.0 Å². The van der Waals surface area contributed by atoms with Gasteiger partial charge in [0, 0.05) is 12.2 Å². The lowest BCUT2D eigenvalue weighted by Crippen LogP contribution is -2.16. The molecule has 2 aromatic heterocycles. The molecule has 0 saturated carbocycles. The van der Waals surface area contributed by atoms with Crippen LogP contribution >= 0.6 is 11.3 Å². The molecular weight excluding hydrogens is 228 g/mol. The van der Waals surface area contributed by atoms with Gasteiger partial charge in [0.05, 0.1) is 10.2 Å². The SMILES string of the molecule is C=CCCCC(NC)c1cnc2ccsc2c1. The Bertz CT molecular complexity index is 490. The maximum Gasteiger partial charge on any atom is 0.0809 e. The summed E-state index contributed by atoms with van der Waals surface area (Å²) in [6.07, 6.45) is 7.34. The Labute approximate surface area is 106 Å². The Morgan fingerprint density at radius 3 is 3.24 bits per heavy atom. The Balaban J connectivity index is 2.14. The first kappa shape index (κ1) is 12.3. The number of fused-ring (bicyclic) bond motifs is 1. The third-order valence-corrected chi connectivity index (χ3v) is 3.83. The van der Waals surface area contributed by atoms with Crippen molar-refractivity contribution in [1.29, 1.82) is 0 Å². The van der Waals surface area contributed by atoms with E-state index < -0.39 is 0 Å². The average molecular weight is 246 g/mol. The minimum absolute atomic E-state index is 0.397. The second-order valence-electron chi connectivity index (χ2n) is 4.13. The van der Waals surface area contributed by atoms with Gasteiger partial charge in [-0.15, -0.1) is 17.9 Å². The van der Waals surface area contributed by atoms with E-state index in [1.807, 2.05) is 19.3 Å². The van der Waals surface area contributed by atoms with E-state index in [2.05, 4.69) is 34.4 Å². The highest BCUT2D eigenvalue weighted by Gasteiger charge is 2.10. The molecule has 1 atom stereocenters. The zero-order valence-corrected chi connectivity index (χ0v) is 11.0. The van der Waals surface area contributed by atoms with Crippen LogP contribution in [0.4, 0.5) is 0 Å². The molecule has 0 aliphatic carbocycles. The maximum atomic E-state index is 4.49. The van der Waals surface area contributed by atoms with Crippen molar-refractivity contribution in [2.45, 2.75) is 25.3 Å². The lowest BCUT2D eigenvalue weighted by molar-refractivity contribution is 0.529. The van der Waals surface area contributed by atoms with Gasteiger partial charge in [-0.3, -0.25) is 4.98 Å². The van der Waals surface area contributed by atoms with E-state index in [-0.39, 0.29) is 0 Å². The quantitative estimate of drug-likeness (QED) is 0.617. The molecule has 0 spiro atoms. The molecule has 3 heteroatoms. The molecule has 0 aliphatic heterocycles. The molecule has 17 heavy (non-hydrogen) atoms. The Morgan fingerprint density at radius 2 is 2.47 bits per heavy atom. The van der Waals surface area contributed by atoms with E-state index in [0.717, 1.165) is 24.8 Å². The lowest BCUT2D eigenvalue weighted by Gasteiger charge is -2.15. The normalized spacial score (nSPS) is 12.8. The third-order valence-electron chi connectivity index (χ3n) is 2.98. The molecule has 2 aromatic rings. The standard InChI is InChI=1S/C14H18N2S/c1-3-4-5-6-12(15-2)11-9-14-13(16-10-11)7-8-17-14/h3,7-10,12,15H,1,4-6H2,2H3. The number of hydrogen-bond donors (Lipinski definition) is 1. The van der Waals surface area contributed by atoms with Gasteiger partial charge in [0.2, 0.25) is 0 Å². The van der Waals surface area contributed by atoms with Gasteiger partial charge in [-0.1, -0.05) is 6.08 Å². The van der Waals surface area contributed by atoms with E-state index in [1.54, 1.807) is 11.3 Å². The van der Waals surface area contributed by atoms with Crippen LogP contribution in [0.3, 0.4) is 0 Å². The van der Waals surface area contributed by atoms with Gasteiger partial charge in [0.1, 0.15) is 0 Å². The van der Waals surface area contributed by atoms with Crippen LogP contribution in [0, 0.1) is 0 Å². The smallest absolute Gasteiger partial charge is 0.0809 e. The van der Waals surface area contributed by atoms with Gasteiger partial charge in [-0.25, -0.2) is 0 Å². The summed E-state index contributed by atoms with van der Waals surface area (Å²) in [7, 11) is 2.01. The molecule has 2 heterocycles. The molecule has 0 saturated heterocycles. The first-order valence-electron chi connectivity index (χ1n) is 5.96. The van der Waals surface area contributed by atoms with Crippen molar-refractivity contribution in [1.82, 2.24) is 10.3 Å². The minimum atomic E-state index is 0.397. The fraction of sp³-hybridized carbons (Fsp3) is 0.357. The number of pyridine rings is 1. The molecule has 0 bridgehead atoms. The van der Waals surface area contributed by atoms with Crippen molar-refractivity contribution < 1.29 is 0 Å². The van der Waals surface area contributed by atoms with Gasteiger partial charge in [-0.05, 0) is 49.4 Å². The number of unbranched alkanes of at least 4 members (excludes halogenated alkanes) is 1. The van der Waals surface area contributed by atoms with Crippen LogP contribution in [0.15, 0.2) is 36.4 Å². The molecule has 0 aromatic carbocycles. The summed E-state index contributed by atoms with van der Waals surface area (Å²) < 4.78 is 1.27. The summed E-state index contributed by atoms with van der Waals surface area (Å²) in [4.78, 5) is 4.49. The molecule has 0 radical (unpaired) electrons. The zero-order chi connectivity index (χ0) is 12.1. The second-order valence-corrected chi connectivity index (χ2v) is 5.08. The number of nitrogens with one attached hydrogen (secondary N) is 1. The van der Waals surface area contributed by atoms with Crippen molar-refractivity contribution in [2.75, 3.05) is 7.05 Å². The number of aromatic nitrogens is 1. The number of allylic oxidation sites excluding steroid dienone is 1. The van der Waals surface area contributed by atoms with Gasteiger partial charge in [0.25, 0.3) is 0 Å². The van der Waals surface area contributed by atoms with E-state index >= 15 is 0 Å². The average Bonchev–Trinajstić information content (AvgIpc) is 2.82. The van der Waals surface area contributed by atoms with Crippen LogP contribution in [0.25, 0.3) is 10.2 Å². The van der Waals surface area contributed by atoms with Gasteiger partial charge < -0.3 is 5.32 Å². The first-order valence-corrected chi connectivity index (χ1v) is 6.84. The summed E-state index contributed by atoms with van der Waals surface area (Å²) in [6.45, 7) is 3.76. The topological polar surface area (TPSA) is 24.9 Å². The molecule has 0 fully saturated rings. The number of rotatable bonds is 6. The summed E-state index contributed by atoms with van der Waals surface area (Å²) in [5, 5.41) is 5.46. The van der Waals surface area contributed by atoms with Crippen molar-refractivity contribution >= 4 is 21.6 Å². The summed E-state index contributed by atoms with van der Waals surface area (Å²) in [5.41, 5.74) is 2.38. The highest BCUT2D eigenvalue weighted by molar-refractivity contribution is 7.17. The van der Waals surface area contributed by atoms with E-state index in [4.69, 9.17) is 0 Å². The van der Waals surface area contributed by atoms with Crippen molar-refractivity contribution in [3.8, 4) is 0 Å². The molecule has 90 valence electrons. The predicted octanol–water partition coefficient (Wildman–Crippen LogP) is 3.91. The molecule has 0 amide bonds. The minimum Gasteiger partial charge on any atom is -0.313 e. The Hall–Kier alpha value is -1.19. The van der Waals surface area contributed by atoms with Crippen molar-refractivity contribution in [3.63, 3.8) is 0 Å². The Morgan fingerprint density at radius 1 is 1.59 bits per heavy atom. The highest BCUT2D eigenvalue weighted by Crippen LogP contribution is 2.25. The summed E-state index contributed by atoms with van der Waals surface area (Å²) in [6, 6.07) is 4.71. The second kappa shape index (κ2) is 5.94. The fourth-order valence-electron chi connectivity index (χ4n) is 2.00. The molecule has 0 aliphatic rings. The van der Waals surface area contributed by atoms with E-state index in [9.17, 15) is 0 Å². The van der Waals surface area contributed by atoms with Crippen molar-refractivity contribution in [2.24, 2.45) is 0 Å². The number of thiophene rings is 1. The van der Waals surface area contributed by atoms with Gasteiger partial charge in [-0.2, -0.15) is 0 Å².